The van der Waals surface area contributed by atoms with Gasteiger partial charge in [-0.15, -0.1) is 0 Å². The van der Waals surface area contributed by atoms with Gasteiger partial charge >= 0.3 is 0 Å². The van der Waals surface area contributed by atoms with E-state index in [0.717, 1.165) is 5.56 Å². The van der Waals surface area contributed by atoms with Gasteiger partial charge in [0.15, 0.2) is 14.9 Å². The highest BCUT2D eigenvalue weighted by atomic mass is 32.2. The maximum atomic E-state index is 13.5. The van der Waals surface area contributed by atoms with Gasteiger partial charge in [0.25, 0.3) is 5.92 Å². The van der Waals surface area contributed by atoms with Gasteiger partial charge in [-0.1, -0.05) is 0 Å². The van der Waals surface area contributed by atoms with Gasteiger partial charge in [0, 0.05) is 18.0 Å². The maximum absolute atomic E-state index is 13.5. The molecule has 6 heteroatoms. The normalized spacial score (nSPS) is 22.1. The lowest BCUT2D eigenvalue weighted by Crippen LogP contribution is -2.24. The summed E-state index contributed by atoms with van der Waals surface area (Å²) in [5.74, 6) is -3.79. The number of halogens is 2. The topological polar surface area (TPSA) is 47.0 Å². The summed E-state index contributed by atoms with van der Waals surface area (Å²) in [6.45, 7) is 3.51. The summed E-state index contributed by atoms with van der Waals surface area (Å²) in [6, 6.07) is 3.28. The van der Waals surface area contributed by atoms with Crippen molar-refractivity contribution in [3.63, 3.8) is 0 Å². The van der Waals surface area contributed by atoms with E-state index in [1.165, 1.54) is 6.07 Å². The van der Waals surface area contributed by atoms with Crippen LogP contribution in [-0.4, -0.2) is 25.1 Å². The van der Waals surface area contributed by atoms with Crippen molar-refractivity contribution in [2.45, 2.75) is 50.5 Å². The summed E-state index contributed by atoms with van der Waals surface area (Å²) < 4.78 is 51.4. The Balaban J connectivity index is 2.11. The molecule has 0 bridgehead atoms. The third-order valence-electron chi connectivity index (χ3n) is 3.79. The van der Waals surface area contributed by atoms with Gasteiger partial charge < -0.3 is 0 Å². The second kappa shape index (κ2) is 5.39. The number of pyridine rings is 1. The molecule has 1 aliphatic rings. The molecule has 1 unspecified atom stereocenters. The molecule has 20 heavy (non-hydrogen) atoms. The summed E-state index contributed by atoms with van der Waals surface area (Å²) in [7, 11) is -3.59. The third kappa shape index (κ3) is 3.34. The molecule has 0 amide bonds. The molecule has 0 radical (unpaired) electrons. The zero-order valence-corrected chi connectivity index (χ0v) is 12.5. The minimum atomic E-state index is -3.59. The summed E-state index contributed by atoms with van der Waals surface area (Å²) in [5, 5.41) is -0.00341. The van der Waals surface area contributed by atoms with Crippen molar-refractivity contribution >= 4 is 9.84 Å². The summed E-state index contributed by atoms with van der Waals surface area (Å²) >= 11 is 0. The van der Waals surface area contributed by atoms with Crippen LogP contribution in [-0.2, 0) is 9.84 Å². The largest absolute Gasteiger partial charge is 0.250 e. The first-order chi connectivity index (χ1) is 9.21. The first-order valence-electron chi connectivity index (χ1n) is 6.76. The molecule has 112 valence electrons. The van der Waals surface area contributed by atoms with Crippen LogP contribution < -0.4 is 0 Å². The number of hydrogen-bond acceptors (Lipinski definition) is 3. The zero-order valence-electron chi connectivity index (χ0n) is 11.7. The Morgan fingerprint density at radius 2 is 2.05 bits per heavy atom. The van der Waals surface area contributed by atoms with E-state index in [2.05, 4.69) is 4.98 Å². The monoisotopic (exact) mass is 303 g/mol. The number of aryl methyl sites for hydroxylation is 2. The maximum Gasteiger partial charge on any atom is 0.250 e. The van der Waals surface area contributed by atoms with Gasteiger partial charge in [-0.05, 0) is 50.8 Å². The van der Waals surface area contributed by atoms with Crippen LogP contribution in [0.3, 0.4) is 0 Å². The van der Waals surface area contributed by atoms with Crippen LogP contribution in [0.2, 0.25) is 0 Å². The fraction of sp³-hybridized carbons (Fsp3) is 0.643. The number of aromatic nitrogens is 1. The summed E-state index contributed by atoms with van der Waals surface area (Å²) in [6.07, 6.45) is 0.756. The first kappa shape index (κ1) is 15.4. The fourth-order valence-corrected chi connectivity index (χ4v) is 4.17. The number of nitrogens with zero attached hydrogens (tertiary/aromatic N) is 1. The molecule has 1 saturated carbocycles. The van der Waals surface area contributed by atoms with Crippen LogP contribution in [0.15, 0.2) is 17.2 Å². The molecule has 1 fully saturated rings. The molecule has 0 aliphatic heterocycles. The molecule has 1 heterocycles. The summed E-state index contributed by atoms with van der Waals surface area (Å²) in [5.41, 5.74) is 1.43. The minimum Gasteiger partial charge on any atom is -0.242 e. The molecule has 0 aromatic carbocycles. The smallest absolute Gasteiger partial charge is 0.242 e. The molecule has 1 aromatic rings. The van der Waals surface area contributed by atoms with Gasteiger partial charge in [0.2, 0.25) is 0 Å². The Morgan fingerprint density at radius 1 is 1.35 bits per heavy atom. The van der Waals surface area contributed by atoms with E-state index >= 15 is 0 Å². The number of alkyl halides is 2. The van der Waals surface area contributed by atoms with Gasteiger partial charge in [-0.3, -0.25) is 0 Å². The highest BCUT2D eigenvalue weighted by Crippen LogP contribution is 2.42. The van der Waals surface area contributed by atoms with Gasteiger partial charge in [-0.2, -0.15) is 0 Å². The quantitative estimate of drug-likeness (QED) is 0.857. The van der Waals surface area contributed by atoms with Crippen molar-refractivity contribution in [3.05, 3.63) is 23.4 Å². The van der Waals surface area contributed by atoms with Crippen LogP contribution in [0.1, 0.15) is 36.9 Å². The van der Waals surface area contributed by atoms with E-state index in [1.807, 2.05) is 0 Å². The van der Waals surface area contributed by atoms with Gasteiger partial charge in [-0.25, -0.2) is 22.2 Å². The Hall–Kier alpha value is -1.04. The van der Waals surface area contributed by atoms with Crippen LogP contribution >= 0.6 is 0 Å². The van der Waals surface area contributed by atoms with Gasteiger partial charge in [0.1, 0.15) is 0 Å². The van der Waals surface area contributed by atoms with Crippen molar-refractivity contribution in [2.75, 3.05) is 5.75 Å². The molecule has 0 N–H and O–H groups in total. The highest BCUT2D eigenvalue weighted by molar-refractivity contribution is 7.91. The molecule has 2 rings (SSSR count). The molecular formula is C14H19F2NO2S. The minimum absolute atomic E-state index is 0.00341. The third-order valence-corrected chi connectivity index (χ3v) is 5.41. The highest BCUT2D eigenvalue weighted by Gasteiger charge is 2.43. The number of sulfone groups is 1. The Morgan fingerprint density at radius 3 is 2.60 bits per heavy atom. The standard InChI is InChI=1S/C14H19F2NO2S/c1-10-8-11(2)17-13(9-10)20(18,19)7-5-12-4-3-6-14(12,15)16/h8-9,12H,3-7H2,1-2H3. The molecule has 0 spiro atoms. The lowest BCUT2D eigenvalue weighted by atomic mass is 10.0. The molecular weight excluding hydrogens is 284 g/mol. The van der Waals surface area contributed by atoms with Crippen LogP contribution in [0.4, 0.5) is 8.78 Å². The van der Waals surface area contributed by atoms with E-state index in [1.54, 1.807) is 19.9 Å². The van der Waals surface area contributed by atoms with E-state index in [9.17, 15) is 17.2 Å². The van der Waals surface area contributed by atoms with Crippen LogP contribution in [0.5, 0.6) is 0 Å². The van der Waals surface area contributed by atoms with Crippen molar-refractivity contribution in [1.82, 2.24) is 4.98 Å². The number of hydrogen-bond donors (Lipinski definition) is 0. The molecule has 3 nitrogen and oxygen atoms in total. The average molecular weight is 303 g/mol. The number of rotatable bonds is 4. The molecule has 0 saturated heterocycles. The van der Waals surface area contributed by atoms with E-state index in [4.69, 9.17) is 0 Å². The Labute approximate surface area is 118 Å². The SMILES string of the molecule is Cc1cc(C)nc(S(=O)(=O)CCC2CCCC2(F)F)c1. The zero-order chi connectivity index (χ0) is 15.0. The Bertz CT molecular complexity index is 579. The lowest BCUT2D eigenvalue weighted by molar-refractivity contribution is -0.0374. The molecule has 1 atom stereocenters. The van der Waals surface area contributed by atoms with Crippen molar-refractivity contribution in [3.8, 4) is 0 Å². The lowest BCUT2D eigenvalue weighted by Gasteiger charge is -2.18. The molecule has 1 aliphatic carbocycles. The van der Waals surface area contributed by atoms with Gasteiger partial charge in [0.05, 0.1) is 5.75 Å². The van der Waals surface area contributed by atoms with Crippen LogP contribution in [0, 0.1) is 19.8 Å². The Kier molecular flexibility index (Phi) is 4.14. The van der Waals surface area contributed by atoms with E-state index < -0.39 is 21.7 Å². The van der Waals surface area contributed by atoms with Crippen molar-refractivity contribution in [1.29, 1.82) is 0 Å². The van der Waals surface area contributed by atoms with Crippen molar-refractivity contribution in [2.24, 2.45) is 5.92 Å². The van der Waals surface area contributed by atoms with Crippen LogP contribution in [0.25, 0.3) is 0 Å². The predicted octanol–water partition coefficient (Wildman–Crippen LogP) is 3.30. The van der Waals surface area contributed by atoms with E-state index in [-0.39, 0.29) is 23.6 Å². The summed E-state index contributed by atoms with van der Waals surface area (Å²) in [4.78, 5) is 4.01. The predicted molar refractivity (Wildman–Crippen MR) is 72.7 cm³/mol. The molecule has 1 aromatic heterocycles. The second-order valence-electron chi connectivity index (χ2n) is 5.58. The van der Waals surface area contributed by atoms with E-state index in [0.29, 0.717) is 18.5 Å². The first-order valence-corrected chi connectivity index (χ1v) is 8.42. The fourth-order valence-electron chi connectivity index (χ4n) is 2.72. The van der Waals surface area contributed by atoms with Crippen molar-refractivity contribution < 1.29 is 17.2 Å². The second-order valence-corrected chi connectivity index (χ2v) is 7.64. The average Bonchev–Trinajstić information content (AvgIpc) is 2.64.